The minimum atomic E-state index is -0.0647. The molecule has 5 atom stereocenters. The number of piperidine rings is 3. The van der Waals surface area contributed by atoms with Gasteiger partial charge in [-0.3, -0.25) is 9.69 Å². The van der Waals surface area contributed by atoms with Gasteiger partial charge in [0.05, 0.1) is 31.2 Å². The highest BCUT2D eigenvalue weighted by molar-refractivity contribution is 5.91. The van der Waals surface area contributed by atoms with Crippen molar-refractivity contribution in [3.8, 4) is 5.75 Å². The van der Waals surface area contributed by atoms with Crippen LogP contribution in [0.25, 0.3) is 10.9 Å². The maximum atomic E-state index is 12.9. The van der Waals surface area contributed by atoms with Crippen LogP contribution in [0.15, 0.2) is 29.8 Å². The molecule has 5 nitrogen and oxygen atoms in total. The molecule has 4 bridgehead atoms. The molecule has 0 radical (unpaired) electrons. The summed E-state index contributed by atoms with van der Waals surface area (Å²) in [7, 11) is 3.90. The number of carbonyl (C=O) groups excluding carboxylic acids is 1. The van der Waals surface area contributed by atoms with Crippen LogP contribution in [0.3, 0.4) is 0 Å². The number of hydrogen-bond acceptors (Lipinski definition) is 4. The van der Waals surface area contributed by atoms with E-state index in [1.54, 1.807) is 7.11 Å². The van der Waals surface area contributed by atoms with Crippen LogP contribution in [0.1, 0.15) is 37.6 Å². The monoisotopic (exact) mass is 380 g/mol. The summed E-state index contributed by atoms with van der Waals surface area (Å²) in [6, 6.07) is 6.87. The molecule has 28 heavy (non-hydrogen) atoms. The zero-order chi connectivity index (χ0) is 19.6. The maximum absolute atomic E-state index is 12.9. The van der Waals surface area contributed by atoms with E-state index in [0.29, 0.717) is 12.6 Å². The van der Waals surface area contributed by atoms with Crippen molar-refractivity contribution >= 4 is 16.9 Å². The molecule has 148 valence electrons. The van der Waals surface area contributed by atoms with Crippen LogP contribution in [-0.4, -0.2) is 41.7 Å². The van der Waals surface area contributed by atoms with Gasteiger partial charge in [-0.05, 0) is 44.2 Å². The van der Waals surface area contributed by atoms with Gasteiger partial charge in [0.2, 0.25) is 0 Å². The fourth-order valence-corrected chi connectivity index (χ4v) is 6.13. The minimum absolute atomic E-state index is 0.0266. The van der Waals surface area contributed by atoms with Gasteiger partial charge in [0, 0.05) is 30.7 Å². The Labute approximate surface area is 165 Å². The van der Waals surface area contributed by atoms with Crippen molar-refractivity contribution in [1.29, 1.82) is 0 Å². The second-order valence-corrected chi connectivity index (χ2v) is 8.22. The number of aromatic nitrogens is 1. The zero-order valence-electron chi connectivity index (χ0n) is 17.1. The van der Waals surface area contributed by atoms with Crippen LogP contribution in [0.2, 0.25) is 0 Å². The first-order chi connectivity index (χ1) is 13.6. The summed E-state index contributed by atoms with van der Waals surface area (Å²) in [5, 5.41) is 1.26. The highest BCUT2D eigenvalue weighted by Crippen LogP contribution is 2.55. The van der Waals surface area contributed by atoms with Crippen molar-refractivity contribution in [2.45, 2.75) is 38.8 Å². The number of carbonyl (C=O) groups is 1. The average Bonchev–Trinajstić information content (AvgIpc) is 3.00. The number of hydrogen-bond donors (Lipinski definition) is 0. The molecule has 1 unspecified atom stereocenters. The first kappa shape index (κ1) is 17.8. The summed E-state index contributed by atoms with van der Waals surface area (Å²) in [5.41, 5.74) is 5.35. The number of methoxy groups -OCH3 is 1. The Morgan fingerprint density at radius 3 is 2.89 bits per heavy atom. The first-order valence-corrected chi connectivity index (χ1v) is 10.3. The molecule has 5 heteroatoms. The number of aryl methyl sites for hydroxylation is 1. The number of esters is 1. The van der Waals surface area contributed by atoms with Gasteiger partial charge in [-0.1, -0.05) is 23.8 Å². The Morgan fingerprint density at radius 1 is 1.36 bits per heavy atom. The van der Waals surface area contributed by atoms with Crippen LogP contribution in [0.5, 0.6) is 5.75 Å². The third-order valence-electron chi connectivity index (χ3n) is 7.20. The second kappa shape index (κ2) is 6.38. The highest BCUT2D eigenvalue weighted by Gasteiger charge is 2.56. The molecule has 1 aromatic carbocycles. The normalized spacial score (nSPS) is 31.9. The van der Waals surface area contributed by atoms with Crippen molar-refractivity contribution < 1.29 is 14.3 Å². The van der Waals surface area contributed by atoms with Crippen molar-refractivity contribution in [3.05, 3.63) is 41.1 Å². The van der Waals surface area contributed by atoms with E-state index < -0.39 is 0 Å². The molecule has 6 rings (SSSR count). The number of benzene rings is 1. The Bertz CT molecular complexity index is 989. The van der Waals surface area contributed by atoms with Gasteiger partial charge in [-0.15, -0.1) is 0 Å². The third kappa shape index (κ3) is 2.20. The molecule has 3 saturated heterocycles. The van der Waals surface area contributed by atoms with Crippen LogP contribution in [0, 0.1) is 11.8 Å². The molecule has 3 fully saturated rings. The molecule has 1 aromatic heterocycles. The quantitative estimate of drug-likeness (QED) is 0.603. The molecule has 4 aliphatic heterocycles. The molecular weight excluding hydrogens is 352 g/mol. The smallest absolute Gasteiger partial charge is 0.311 e. The molecule has 0 aliphatic carbocycles. The van der Waals surface area contributed by atoms with E-state index in [1.165, 1.54) is 27.7 Å². The molecule has 2 aromatic rings. The molecule has 0 N–H and O–H groups in total. The van der Waals surface area contributed by atoms with Gasteiger partial charge < -0.3 is 14.0 Å². The average molecular weight is 380 g/mol. The molecule has 4 aliphatic rings. The molecule has 0 amide bonds. The predicted octanol–water partition coefficient (Wildman–Crippen LogP) is 3.61. The lowest BCUT2D eigenvalue weighted by molar-refractivity contribution is -0.160. The lowest BCUT2D eigenvalue weighted by Crippen LogP contribution is -2.62. The van der Waals surface area contributed by atoms with Gasteiger partial charge in [0.25, 0.3) is 0 Å². The number of allylic oxidation sites excluding steroid dienone is 1. The molecular formula is C23H28N2O3. The summed E-state index contributed by atoms with van der Waals surface area (Å²) < 4.78 is 13.5. The van der Waals surface area contributed by atoms with Gasteiger partial charge in [-0.2, -0.15) is 0 Å². The van der Waals surface area contributed by atoms with Crippen molar-refractivity contribution in [1.82, 2.24) is 9.47 Å². The molecule has 0 saturated carbocycles. The van der Waals surface area contributed by atoms with E-state index in [-0.39, 0.29) is 23.8 Å². The highest BCUT2D eigenvalue weighted by atomic mass is 16.5. The first-order valence-electron chi connectivity index (χ1n) is 10.3. The number of fused-ring (bicyclic) bond motifs is 4. The minimum Gasteiger partial charge on any atom is -0.495 e. The van der Waals surface area contributed by atoms with E-state index in [1.807, 2.05) is 13.0 Å². The predicted molar refractivity (Wildman–Crippen MR) is 108 cm³/mol. The lowest BCUT2D eigenvalue weighted by atomic mass is 9.64. The maximum Gasteiger partial charge on any atom is 0.311 e. The number of para-hydroxylation sites is 1. The lowest BCUT2D eigenvalue weighted by Gasteiger charge is -2.57. The summed E-state index contributed by atoms with van der Waals surface area (Å²) >= 11 is 0. The molecule has 5 heterocycles. The number of rotatable bonds is 3. The van der Waals surface area contributed by atoms with E-state index >= 15 is 0 Å². The summed E-state index contributed by atoms with van der Waals surface area (Å²) in [6.45, 7) is 5.40. The van der Waals surface area contributed by atoms with Crippen molar-refractivity contribution in [2.75, 3.05) is 20.3 Å². The number of ether oxygens (including phenoxy) is 2. The van der Waals surface area contributed by atoms with E-state index in [9.17, 15) is 4.79 Å². The van der Waals surface area contributed by atoms with Gasteiger partial charge in [-0.25, -0.2) is 0 Å². The van der Waals surface area contributed by atoms with Crippen LogP contribution < -0.4 is 4.74 Å². The van der Waals surface area contributed by atoms with Crippen molar-refractivity contribution in [2.24, 2.45) is 18.9 Å². The van der Waals surface area contributed by atoms with E-state index in [4.69, 9.17) is 9.47 Å². The van der Waals surface area contributed by atoms with Crippen molar-refractivity contribution in [3.63, 3.8) is 0 Å². The fourth-order valence-electron chi connectivity index (χ4n) is 6.13. The Balaban J connectivity index is 1.68. The van der Waals surface area contributed by atoms with Crippen LogP contribution >= 0.6 is 0 Å². The second-order valence-electron chi connectivity index (χ2n) is 8.22. The Morgan fingerprint density at radius 2 is 2.18 bits per heavy atom. The summed E-state index contributed by atoms with van der Waals surface area (Å²) in [5.74, 6) is 1.11. The number of nitrogens with zero attached hydrogens (tertiary/aromatic N) is 2. The zero-order valence-corrected chi connectivity index (χ0v) is 17.1. The van der Waals surface area contributed by atoms with Gasteiger partial charge in [0.1, 0.15) is 5.75 Å². The molecule has 0 spiro atoms. The SMILES string of the molecule is C/C=C1/CN2[C@H]3C[C@@H]1[C@@H](C(=O)OCC)[C@@H]2Cc1c3n(C)c2c(OC)cccc12. The summed E-state index contributed by atoms with van der Waals surface area (Å²) in [6.07, 6.45) is 4.09. The van der Waals surface area contributed by atoms with Gasteiger partial charge in [0.15, 0.2) is 0 Å². The third-order valence-corrected chi connectivity index (χ3v) is 7.20. The van der Waals surface area contributed by atoms with E-state index in [2.05, 4.69) is 41.6 Å². The van der Waals surface area contributed by atoms with Gasteiger partial charge >= 0.3 is 5.97 Å². The standard InChI is InChI=1S/C23H28N2O3/c1-5-13-12-25-17-11-16-14-8-7-9-19(27-4)22(14)24(3)21(16)18(25)10-15(13)20(17)23(26)28-6-2/h5,7-9,15,17-18,20H,6,10-12H2,1-4H3/b13-5-/t15-,17-,18-,20+/m0/s1. The Hall–Kier alpha value is -2.27. The largest absolute Gasteiger partial charge is 0.495 e. The topological polar surface area (TPSA) is 43.7 Å². The summed E-state index contributed by atoms with van der Waals surface area (Å²) in [4.78, 5) is 15.5. The Kier molecular flexibility index (Phi) is 4.05. The van der Waals surface area contributed by atoms with E-state index in [0.717, 1.165) is 25.1 Å². The van der Waals surface area contributed by atoms with Crippen LogP contribution in [-0.2, 0) is 23.0 Å². The fraction of sp³-hybridized carbons (Fsp3) is 0.522. The van der Waals surface area contributed by atoms with Crippen LogP contribution in [0.4, 0.5) is 0 Å².